The molecular formula is C18H21N5O2. The van der Waals surface area contributed by atoms with Crippen LogP contribution in [0.25, 0.3) is 5.78 Å². The van der Waals surface area contributed by atoms with Crippen LogP contribution in [0.2, 0.25) is 0 Å². The Hall–Kier alpha value is -2.96. The maximum atomic E-state index is 12.0. The van der Waals surface area contributed by atoms with E-state index < -0.39 is 0 Å². The first-order valence-electron chi connectivity index (χ1n) is 8.26. The molecular weight excluding hydrogens is 318 g/mol. The van der Waals surface area contributed by atoms with E-state index in [0.717, 1.165) is 17.1 Å². The van der Waals surface area contributed by atoms with Gasteiger partial charge in [0.2, 0.25) is 5.91 Å². The Balaban J connectivity index is 1.46. The number of rotatable bonds is 7. The molecule has 0 aliphatic rings. The fraction of sp³-hybridized carbons (Fsp3) is 0.333. The van der Waals surface area contributed by atoms with Gasteiger partial charge in [0.25, 0.3) is 5.78 Å². The van der Waals surface area contributed by atoms with Gasteiger partial charge in [-0.3, -0.25) is 9.20 Å². The minimum Gasteiger partial charge on any atom is -0.494 e. The Bertz CT molecular complexity index is 861. The molecule has 1 amide bonds. The Labute approximate surface area is 146 Å². The highest BCUT2D eigenvalue weighted by Crippen LogP contribution is 2.09. The monoisotopic (exact) mass is 339 g/mol. The third kappa shape index (κ3) is 4.32. The number of aryl methyl sites for hydroxylation is 2. The van der Waals surface area contributed by atoms with Gasteiger partial charge in [0.1, 0.15) is 5.75 Å². The molecule has 2 aromatic heterocycles. The van der Waals surface area contributed by atoms with Gasteiger partial charge >= 0.3 is 0 Å². The molecule has 0 saturated carbocycles. The van der Waals surface area contributed by atoms with Gasteiger partial charge in [0, 0.05) is 17.8 Å². The zero-order chi connectivity index (χ0) is 17.6. The minimum absolute atomic E-state index is 0.0360. The van der Waals surface area contributed by atoms with Gasteiger partial charge < -0.3 is 10.1 Å². The highest BCUT2D eigenvalue weighted by Gasteiger charge is 2.10. The summed E-state index contributed by atoms with van der Waals surface area (Å²) in [6, 6.07) is 11.5. The Morgan fingerprint density at radius 2 is 2.00 bits per heavy atom. The van der Waals surface area contributed by atoms with Gasteiger partial charge in [-0.1, -0.05) is 18.2 Å². The zero-order valence-corrected chi connectivity index (χ0v) is 14.4. The third-order valence-corrected chi connectivity index (χ3v) is 3.76. The molecule has 0 radical (unpaired) electrons. The molecule has 25 heavy (non-hydrogen) atoms. The van der Waals surface area contributed by atoms with Gasteiger partial charge in [0.05, 0.1) is 13.2 Å². The van der Waals surface area contributed by atoms with Crippen molar-refractivity contribution in [3.8, 4) is 5.75 Å². The number of aromatic nitrogens is 4. The standard InChI is InChI=1S/C18H21N5O2/c1-13-11-14(2)23-16(21-22-18(23)20-13)12-19-17(24)9-6-10-25-15-7-4-3-5-8-15/h3-5,7-8,11H,6,9-10,12H2,1-2H3,(H,19,24). The molecule has 1 aromatic carbocycles. The molecule has 1 N–H and O–H groups in total. The van der Waals surface area contributed by atoms with Crippen LogP contribution in [-0.2, 0) is 11.3 Å². The van der Waals surface area contributed by atoms with Crippen molar-refractivity contribution in [1.82, 2.24) is 24.9 Å². The lowest BCUT2D eigenvalue weighted by Crippen LogP contribution is -2.24. The Kier molecular flexibility index (Phi) is 5.23. The molecule has 130 valence electrons. The maximum Gasteiger partial charge on any atom is 0.255 e. The van der Waals surface area contributed by atoms with Crippen LogP contribution in [0.1, 0.15) is 30.1 Å². The second-order valence-corrected chi connectivity index (χ2v) is 5.83. The van der Waals surface area contributed by atoms with E-state index in [9.17, 15) is 4.79 Å². The van der Waals surface area contributed by atoms with Crippen molar-refractivity contribution in [1.29, 1.82) is 0 Å². The summed E-state index contributed by atoms with van der Waals surface area (Å²) in [4.78, 5) is 16.3. The summed E-state index contributed by atoms with van der Waals surface area (Å²) >= 11 is 0. The predicted octanol–water partition coefficient (Wildman–Crippen LogP) is 2.22. The summed E-state index contributed by atoms with van der Waals surface area (Å²) in [5.74, 6) is 2.01. The summed E-state index contributed by atoms with van der Waals surface area (Å²) in [6.07, 6.45) is 1.06. The normalized spacial score (nSPS) is 10.8. The number of nitrogens with one attached hydrogen (secondary N) is 1. The van der Waals surface area contributed by atoms with Crippen LogP contribution >= 0.6 is 0 Å². The molecule has 7 heteroatoms. The van der Waals surface area contributed by atoms with E-state index in [1.165, 1.54) is 0 Å². The lowest BCUT2D eigenvalue weighted by atomic mass is 10.3. The van der Waals surface area contributed by atoms with Gasteiger partial charge in [-0.25, -0.2) is 4.98 Å². The highest BCUT2D eigenvalue weighted by atomic mass is 16.5. The fourth-order valence-electron chi connectivity index (χ4n) is 2.62. The maximum absolute atomic E-state index is 12.0. The zero-order valence-electron chi connectivity index (χ0n) is 14.4. The number of nitrogens with zero attached hydrogens (tertiary/aromatic N) is 4. The van der Waals surface area contributed by atoms with Crippen LogP contribution in [0.15, 0.2) is 36.4 Å². The average molecular weight is 339 g/mol. The van der Waals surface area contributed by atoms with E-state index in [1.807, 2.05) is 54.6 Å². The molecule has 0 unspecified atom stereocenters. The van der Waals surface area contributed by atoms with E-state index in [1.54, 1.807) is 0 Å². The first-order valence-corrected chi connectivity index (χ1v) is 8.26. The topological polar surface area (TPSA) is 81.4 Å². The third-order valence-electron chi connectivity index (χ3n) is 3.76. The average Bonchev–Trinajstić information content (AvgIpc) is 3.01. The van der Waals surface area contributed by atoms with E-state index in [0.29, 0.717) is 37.6 Å². The molecule has 0 spiro atoms. The number of hydrogen-bond acceptors (Lipinski definition) is 5. The Morgan fingerprint density at radius 1 is 1.20 bits per heavy atom. The minimum atomic E-state index is -0.0360. The quantitative estimate of drug-likeness (QED) is 0.668. The van der Waals surface area contributed by atoms with E-state index in [2.05, 4.69) is 20.5 Å². The van der Waals surface area contributed by atoms with Gasteiger partial charge in [-0.2, -0.15) is 0 Å². The van der Waals surface area contributed by atoms with Crippen LogP contribution in [0.4, 0.5) is 0 Å². The molecule has 0 aliphatic carbocycles. The summed E-state index contributed by atoms with van der Waals surface area (Å²) in [6.45, 7) is 4.72. The molecule has 0 atom stereocenters. The Morgan fingerprint density at radius 3 is 2.80 bits per heavy atom. The lowest BCUT2D eigenvalue weighted by molar-refractivity contribution is -0.121. The van der Waals surface area contributed by atoms with Gasteiger partial charge in [0.15, 0.2) is 5.82 Å². The summed E-state index contributed by atoms with van der Waals surface area (Å²) in [5.41, 5.74) is 1.89. The molecule has 0 saturated heterocycles. The number of fused-ring (bicyclic) bond motifs is 1. The number of carbonyl (C=O) groups excluding carboxylic acids is 1. The van der Waals surface area contributed by atoms with Crippen LogP contribution < -0.4 is 10.1 Å². The van der Waals surface area contributed by atoms with Crippen LogP contribution in [0, 0.1) is 13.8 Å². The predicted molar refractivity (Wildman–Crippen MR) is 93.3 cm³/mol. The van der Waals surface area contributed by atoms with Gasteiger partial charge in [-0.05, 0) is 38.5 Å². The number of para-hydroxylation sites is 1. The second kappa shape index (κ2) is 7.74. The van der Waals surface area contributed by atoms with Crippen molar-refractivity contribution in [2.75, 3.05) is 6.61 Å². The number of carbonyl (C=O) groups is 1. The molecule has 0 aliphatic heterocycles. The van der Waals surface area contributed by atoms with Gasteiger partial charge in [-0.15, -0.1) is 10.2 Å². The summed E-state index contributed by atoms with van der Waals surface area (Å²) in [7, 11) is 0. The van der Waals surface area contributed by atoms with Crippen molar-refractivity contribution in [3.05, 3.63) is 53.6 Å². The molecule has 0 fully saturated rings. The van der Waals surface area contributed by atoms with Crippen LogP contribution in [0.3, 0.4) is 0 Å². The molecule has 3 rings (SSSR count). The summed E-state index contributed by atoms with van der Waals surface area (Å²) < 4.78 is 7.43. The van der Waals surface area contributed by atoms with Crippen molar-refractivity contribution in [2.45, 2.75) is 33.2 Å². The molecule has 0 bridgehead atoms. The van der Waals surface area contributed by atoms with E-state index >= 15 is 0 Å². The van der Waals surface area contributed by atoms with Crippen molar-refractivity contribution in [2.24, 2.45) is 0 Å². The number of benzene rings is 1. The number of hydrogen-bond donors (Lipinski definition) is 1. The lowest BCUT2D eigenvalue weighted by Gasteiger charge is -2.07. The van der Waals surface area contributed by atoms with Crippen molar-refractivity contribution < 1.29 is 9.53 Å². The van der Waals surface area contributed by atoms with Crippen LogP contribution in [-0.4, -0.2) is 32.1 Å². The number of ether oxygens (including phenoxy) is 1. The second-order valence-electron chi connectivity index (χ2n) is 5.83. The number of amides is 1. The summed E-state index contributed by atoms with van der Waals surface area (Å²) in [5, 5.41) is 11.0. The molecule has 2 heterocycles. The van der Waals surface area contributed by atoms with E-state index in [4.69, 9.17) is 4.74 Å². The smallest absolute Gasteiger partial charge is 0.255 e. The first-order chi connectivity index (χ1) is 12.1. The fourth-order valence-corrected chi connectivity index (χ4v) is 2.62. The largest absolute Gasteiger partial charge is 0.494 e. The first kappa shape index (κ1) is 16.9. The van der Waals surface area contributed by atoms with Crippen molar-refractivity contribution >= 4 is 11.7 Å². The van der Waals surface area contributed by atoms with Crippen LogP contribution in [0.5, 0.6) is 5.75 Å². The van der Waals surface area contributed by atoms with Crippen molar-refractivity contribution in [3.63, 3.8) is 0 Å². The highest BCUT2D eigenvalue weighted by molar-refractivity contribution is 5.75. The molecule has 3 aromatic rings. The van der Waals surface area contributed by atoms with E-state index in [-0.39, 0.29) is 5.91 Å². The molecule has 7 nitrogen and oxygen atoms in total. The SMILES string of the molecule is Cc1cc(C)n2c(CNC(=O)CCCOc3ccccc3)nnc2n1.